The Morgan fingerprint density at radius 2 is 1.36 bits per heavy atom. The van der Waals surface area contributed by atoms with Gasteiger partial charge in [0.15, 0.2) is 0 Å². The Balaban J connectivity index is 4.36. The van der Waals surface area contributed by atoms with Gasteiger partial charge in [-0.2, -0.15) is 0 Å². The van der Waals surface area contributed by atoms with Crippen LogP contribution in [0.5, 0.6) is 0 Å². The zero-order chi connectivity index (χ0) is 9.07. The van der Waals surface area contributed by atoms with E-state index in [1.807, 2.05) is 0 Å². The summed E-state index contributed by atoms with van der Waals surface area (Å²) >= 11 is 0. The van der Waals surface area contributed by atoms with Crippen molar-refractivity contribution in [1.82, 2.24) is 0 Å². The third kappa shape index (κ3) is 4.83. The van der Waals surface area contributed by atoms with Crippen LogP contribution in [0.3, 0.4) is 0 Å². The van der Waals surface area contributed by atoms with Crippen LogP contribution in [0, 0.1) is 5.41 Å². The molecule has 0 heterocycles. The maximum atomic E-state index is 2.23. The first kappa shape index (κ1) is 10.5. The molecule has 0 aliphatic carbocycles. The fourth-order valence-electron chi connectivity index (χ4n) is 0.542. The van der Waals surface area contributed by atoms with Crippen molar-refractivity contribution in [2.45, 2.75) is 41.5 Å². The first-order chi connectivity index (χ1) is 4.84. The van der Waals surface area contributed by atoms with E-state index in [1.54, 1.807) is 0 Å². The topological polar surface area (TPSA) is 0 Å². The molecule has 0 radical (unpaired) electrons. The normalized spacial score (nSPS) is 13.1. The Hall–Kier alpha value is -0.520. The van der Waals surface area contributed by atoms with Crippen LogP contribution in [-0.4, -0.2) is 0 Å². The molecule has 0 N–H and O–H groups in total. The van der Waals surface area contributed by atoms with Gasteiger partial charge in [0.05, 0.1) is 0 Å². The molecular weight excluding hydrogens is 132 g/mol. The number of hydrogen-bond acceptors (Lipinski definition) is 0. The summed E-state index contributed by atoms with van der Waals surface area (Å²) in [6, 6.07) is 0. The van der Waals surface area contributed by atoms with Gasteiger partial charge in [-0.3, -0.25) is 0 Å². The monoisotopic (exact) mass is 152 g/mol. The van der Waals surface area contributed by atoms with E-state index in [0.717, 1.165) is 0 Å². The van der Waals surface area contributed by atoms with Gasteiger partial charge >= 0.3 is 0 Å². The van der Waals surface area contributed by atoms with Crippen LogP contribution in [0.4, 0.5) is 0 Å². The first-order valence-electron chi connectivity index (χ1n) is 4.16. The maximum Gasteiger partial charge on any atom is -0.0173 e. The number of allylic oxidation sites excluding steroid dienone is 4. The molecule has 0 saturated heterocycles. The van der Waals surface area contributed by atoms with Gasteiger partial charge in [-0.15, -0.1) is 0 Å². The van der Waals surface area contributed by atoms with E-state index in [4.69, 9.17) is 0 Å². The molecule has 0 aliphatic heterocycles. The van der Waals surface area contributed by atoms with E-state index >= 15 is 0 Å². The Bertz CT molecular complexity index is 171. The van der Waals surface area contributed by atoms with Gasteiger partial charge in [0.2, 0.25) is 0 Å². The highest BCUT2D eigenvalue weighted by Gasteiger charge is 2.10. The van der Waals surface area contributed by atoms with E-state index in [0.29, 0.717) is 5.41 Å². The van der Waals surface area contributed by atoms with Crippen molar-refractivity contribution in [3.63, 3.8) is 0 Å². The van der Waals surface area contributed by atoms with Crippen LogP contribution in [0.2, 0.25) is 0 Å². The lowest BCUT2D eigenvalue weighted by molar-refractivity contribution is 0.504. The minimum Gasteiger partial charge on any atom is -0.0764 e. The lowest BCUT2D eigenvalue weighted by Gasteiger charge is -2.18. The van der Waals surface area contributed by atoms with Crippen molar-refractivity contribution in [1.29, 1.82) is 0 Å². The molecule has 0 fully saturated rings. The van der Waals surface area contributed by atoms with E-state index in [9.17, 15) is 0 Å². The largest absolute Gasteiger partial charge is 0.0764 e. The lowest BCUT2D eigenvalue weighted by atomic mass is 9.87. The molecular formula is C11H20. The molecule has 0 unspecified atom stereocenters. The molecule has 0 rings (SSSR count). The molecule has 0 aromatic carbocycles. The Labute approximate surface area is 71.0 Å². The highest BCUT2D eigenvalue weighted by Crippen LogP contribution is 2.24. The molecule has 0 aromatic rings. The summed E-state index contributed by atoms with van der Waals surface area (Å²) in [5.41, 5.74) is 3.10. The second-order valence-electron chi connectivity index (χ2n) is 4.34. The predicted octanol–water partition coefficient (Wildman–Crippen LogP) is 3.95. The van der Waals surface area contributed by atoms with Gasteiger partial charge < -0.3 is 0 Å². The molecule has 0 spiro atoms. The minimum absolute atomic E-state index is 0.311. The van der Waals surface area contributed by atoms with Gasteiger partial charge in [-0.05, 0) is 26.2 Å². The average Bonchev–Trinajstić information content (AvgIpc) is 1.80. The molecule has 0 atom stereocenters. The Kier molecular flexibility index (Phi) is 3.57. The molecule has 0 aromatic heterocycles. The number of rotatable bonds is 1. The minimum atomic E-state index is 0.311. The van der Waals surface area contributed by atoms with Crippen molar-refractivity contribution < 1.29 is 0 Å². The summed E-state index contributed by atoms with van der Waals surface area (Å²) in [5.74, 6) is 0. The molecule has 64 valence electrons. The van der Waals surface area contributed by atoms with Crippen LogP contribution in [0.1, 0.15) is 41.5 Å². The highest BCUT2D eigenvalue weighted by molar-refractivity contribution is 5.18. The van der Waals surface area contributed by atoms with Gasteiger partial charge in [0.1, 0.15) is 0 Å². The van der Waals surface area contributed by atoms with E-state index in [1.165, 1.54) is 11.1 Å². The summed E-state index contributed by atoms with van der Waals surface area (Å²) in [5, 5.41) is 0. The second-order valence-corrected chi connectivity index (χ2v) is 4.34. The Morgan fingerprint density at radius 3 is 1.64 bits per heavy atom. The quantitative estimate of drug-likeness (QED) is 0.499. The van der Waals surface area contributed by atoms with Crippen molar-refractivity contribution >= 4 is 0 Å². The van der Waals surface area contributed by atoms with Gasteiger partial charge in [-0.1, -0.05) is 44.1 Å². The van der Waals surface area contributed by atoms with Gasteiger partial charge in [0, 0.05) is 0 Å². The summed E-state index contributed by atoms with van der Waals surface area (Å²) in [4.78, 5) is 0. The van der Waals surface area contributed by atoms with Crippen LogP contribution in [0.15, 0.2) is 23.3 Å². The fourth-order valence-corrected chi connectivity index (χ4v) is 0.542. The molecule has 0 heteroatoms. The van der Waals surface area contributed by atoms with E-state index in [2.05, 4.69) is 53.7 Å². The van der Waals surface area contributed by atoms with Crippen LogP contribution in [0.25, 0.3) is 0 Å². The predicted molar refractivity (Wildman–Crippen MR) is 52.6 cm³/mol. The van der Waals surface area contributed by atoms with Crippen molar-refractivity contribution in [2.75, 3.05) is 0 Å². The summed E-state index contributed by atoms with van der Waals surface area (Å²) < 4.78 is 0. The maximum absolute atomic E-state index is 2.23. The van der Waals surface area contributed by atoms with Crippen LogP contribution in [-0.2, 0) is 0 Å². The molecule has 11 heavy (non-hydrogen) atoms. The smallest absolute Gasteiger partial charge is 0.0173 e. The van der Waals surface area contributed by atoms with Crippen LogP contribution >= 0.6 is 0 Å². The molecule has 0 amide bonds. The zero-order valence-corrected chi connectivity index (χ0v) is 8.65. The van der Waals surface area contributed by atoms with E-state index in [-0.39, 0.29) is 0 Å². The van der Waals surface area contributed by atoms with Gasteiger partial charge in [-0.25, -0.2) is 0 Å². The molecule has 0 aliphatic rings. The lowest BCUT2D eigenvalue weighted by Crippen LogP contribution is -2.05. The van der Waals surface area contributed by atoms with Crippen molar-refractivity contribution in [3.8, 4) is 0 Å². The Morgan fingerprint density at radius 1 is 0.909 bits per heavy atom. The third-order valence-electron chi connectivity index (χ3n) is 1.85. The van der Waals surface area contributed by atoms with Crippen molar-refractivity contribution in [2.24, 2.45) is 5.41 Å². The first-order valence-corrected chi connectivity index (χ1v) is 4.16. The second kappa shape index (κ2) is 3.75. The summed E-state index contributed by atoms with van der Waals surface area (Å²) in [7, 11) is 0. The molecule has 0 nitrogen and oxygen atoms in total. The summed E-state index contributed by atoms with van der Waals surface area (Å²) in [6.07, 6.45) is 4.37. The van der Waals surface area contributed by atoms with E-state index < -0.39 is 0 Å². The average molecular weight is 152 g/mol. The van der Waals surface area contributed by atoms with Gasteiger partial charge in [0.25, 0.3) is 0 Å². The molecule has 0 bridgehead atoms. The van der Waals surface area contributed by atoms with Crippen molar-refractivity contribution in [3.05, 3.63) is 23.3 Å². The zero-order valence-electron chi connectivity index (χ0n) is 8.65. The number of hydrogen-bond donors (Lipinski definition) is 0. The van der Waals surface area contributed by atoms with Crippen LogP contribution < -0.4 is 0 Å². The summed E-state index contributed by atoms with van der Waals surface area (Å²) in [6.45, 7) is 13.1. The highest BCUT2D eigenvalue weighted by atomic mass is 14.2. The molecule has 0 saturated carbocycles. The fraction of sp³-hybridized carbons (Fsp3) is 0.636. The standard InChI is InChI=1S/C11H20/c1-9(2)7-8-10(3)11(4,5)6/h7-8H,1-6H3/b10-8+. The third-order valence-corrected chi connectivity index (χ3v) is 1.85. The SMILES string of the molecule is CC(C)=C/C=C(\C)C(C)(C)C.